The standard InChI is InChI=1S/C18H14BrClO/c1-11-10-12(19)6-7-13(11)18(21)16-8-9-17(20)15-5-3-2-4-14(15)16/h2-10,18,21H,1H3. The van der Waals surface area contributed by atoms with Crippen molar-refractivity contribution in [3.05, 3.63) is 80.8 Å². The maximum Gasteiger partial charge on any atom is 0.105 e. The SMILES string of the molecule is Cc1cc(Br)ccc1C(O)c1ccc(Cl)c2ccccc12. The Labute approximate surface area is 137 Å². The van der Waals surface area contributed by atoms with Crippen molar-refractivity contribution in [2.45, 2.75) is 13.0 Å². The van der Waals surface area contributed by atoms with E-state index in [2.05, 4.69) is 15.9 Å². The molecule has 0 fully saturated rings. The molecule has 1 atom stereocenters. The average molecular weight is 362 g/mol. The molecule has 0 bridgehead atoms. The molecule has 0 saturated heterocycles. The van der Waals surface area contributed by atoms with Gasteiger partial charge in [-0.3, -0.25) is 0 Å². The molecule has 0 heterocycles. The zero-order chi connectivity index (χ0) is 15.0. The van der Waals surface area contributed by atoms with Gasteiger partial charge in [0.15, 0.2) is 0 Å². The van der Waals surface area contributed by atoms with Crippen molar-refractivity contribution >= 4 is 38.3 Å². The number of aliphatic hydroxyl groups is 1. The number of hydrogen-bond acceptors (Lipinski definition) is 1. The van der Waals surface area contributed by atoms with Crippen LogP contribution in [0.3, 0.4) is 0 Å². The number of halogens is 2. The summed E-state index contributed by atoms with van der Waals surface area (Å²) in [6.45, 7) is 2.00. The lowest BCUT2D eigenvalue weighted by Crippen LogP contribution is -2.03. The molecular weight excluding hydrogens is 348 g/mol. The molecule has 3 rings (SSSR count). The van der Waals surface area contributed by atoms with E-state index in [1.165, 1.54) is 0 Å². The quantitative estimate of drug-likeness (QED) is 0.625. The minimum Gasteiger partial charge on any atom is -0.384 e. The van der Waals surface area contributed by atoms with E-state index in [4.69, 9.17) is 11.6 Å². The van der Waals surface area contributed by atoms with Crippen LogP contribution in [-0.2, 0) is 0 Å². The van der Waals surface area contributed by atoms with Crippen LogP contribution in [0.4, 0.5) is 0 Å². The molecule has 0 amide bonds. The van der Waals surface area contributed by atoms with Gasteiger partial charge in [0, 0.05) is 14.9 Å². The summed E-state index contributed by atoms with van der Waals surface area (Å²) in [4.78, 5) is 0. The summed E-state index contributed by atoms with van der Waals surface area (Å²) < 4.78 is 1.01. The van der Waals surface area contributed by atoms with E-state index in [9.17, 15) is 5.11 Å². The summed E-state index contributed by atoms with van der Waals surface area (Å²) in [6, 6.07) is 17.5. The van der Waals surface area contributed by atoms with Crippen LogP contribution in [0.15, 0.2) is 59.1 Å². The molecule has 21 heavy (non-hydrogen) atoms. The van der Waals surface area contributed by atoms with Crippen molar-refractivity contribution in [1.29, 1.82) is 0 Å². The zero-order valence-corrected chi connectivity index (χ0v) is 13.8. The molecule has 0 aliphatic rings. The topological polar surface area (TPSA) is 20.2 Å². The fourth-order valence-corrected chi connectivity index (χ4v) is 3.34. The van der Waals surface area contributed by atoms with E-state index in [1.807, 2.05) is 61.5 Å². The van der Waals surface area contributed by atoms with Gasteiger partial charge in [0.1, 0.15) is 6.10 Å². The lowest BCUT2D eigenvalue weighted by atomic mass is 9.93. The fourth-order valence-electron chi connectivity index (χ4n) is 2.64. The van der Waals surface area contributed by atoms with Gasteiger partial charge in [0.05, 0.1) is 0 Å². The Bertz CT molecular complexity index is 813. The highest BCUT2D eigenvalue weighted by atomic mass is 79.9. The van der Waals surface area contributed by atoms with Crippen molar-refractivity contribution in [3.63, 3.8) is 0 Å². The fraction of sp³-hybridized carbons (Fsp3) is 0.111. The van der Waals surface area contributed by atoms with Gasteiger partial charge in [0.25, 0.3) is 0 Å². The normalized spacial score (nSPS) is 12.6. The van der Waals surface area contributed by atoms with Crippen molar-refractivity contribution in [2.75, 3.05) is 0 Å². The molecule has 3 aromatic carbocycles. The molecule has 1 N–H and O–H groups in total. The molecule has 1 unspecified atom stereocenters. The summed E-state index contributed by atoms with van der Waals surface area (Å²) in [5.74, 6) is 0. The zero-order valence-electron chi connectivity index (χ0n) is 11.5. The van der Waals surface area contributed by atoms with Crippen LogP contribution < -0.4 is 0 Å². The van der Waals surface area contributed by atoms with E-state index in [0.29, 0.717) is 5.02 Å². The number of rotatable bonds is 2. The molecule has 3 heteroatoms. The van der Waals surface area contributed by atoms with Crippen LogP contribution in [-0.4, -0.2) is 5.11 Å². The van der Waals surface area contributed by atoms with Gasteiger partial charge in [0.2, 0.25) is 0 Å². The third-order valence-electron chi connectivity index (χ3n) is 3.73. The average Bonchev–Trinajstić information content (AvgIpc) is 2.47. The predicted octanol–water partition coefficient (Wildman–Crippen LogP) is 5.65. The predicted molar refractivity (Wildman–Crippen MR) is 91.9 cm³/mol. The van der Waals surface area contributed by atoms with Crippen LogP contribution in [0.25, 0.3) is 10.8 Å². The molecule has 0 saturated carbocycles. The summed E-state index contributed by atoms with van der Waals surface area (Å²) in [5.41, 5.74) is 2.84. The molecule has 0 spiro atoms. The Morgan fingerprint density at radius 3 is 2.33 bits per heavy atom. The largest absolute Gasteiger partial charge is 0.384 e. The van der Waals surface area contributed by atoms with Crippen LogP contribution in [0.5, 0.6) is 0 Å². The van der Waals surface area contributed by atoms with Gasteiger partial charge in [-0.25, -0.2) is 0 Å². The monoisotopic (exact) mass is 360 g/mol. The maximum atomic E-state index is 10.8. The highest BCUT2D eigenvalue weighted by Crippen LogP contribution is 2.34. The van der Waals surface area contributed by atoms with Gasteiger partial charge < -0.3 is 5.11 Å². The first-order chi connectivity index (χ1) is 10.1. The minimum absolute atomic E-state index is 0.666. The summed E-state index contributed by atoms with van der Waals surface area (Å²) in [7, 11) is 0. The first-order valence-electron chi connectivity index (χ1n) is 6.69. The first-order valence-corrected chi connectivity index (χ1v) is 7.86. The Balaban J connectivity index is 2.18. The Morgan fingerprint density at radius 1 is 0.952 bits per heavy atom. The van der Waals surface area contributed by atoms with Crippen molar-refractivity contribution in [3.8, 4) is 0 Å². The third kappa shape index (κ3) is 2.71. The maximum absolute atomic E-state index is 10.8. The Hall–Kier alpha value is -1.35. The van der Waals surface area contributed by atoms with Gasteiger partial charge in [-0.1, -0.05) is 63.9 Å². The van der Waals surface area contributed by atoms with Crippen molar-refractivity contribution in [2.24, 2.45) is 0 Å². The second-order valence-corrected chi connectivity index (χ2v) is 6.41. The molecule has 0 aliphatic carbocycles. The van der Waals surface area contributed by atoms with Gasteiger partial charge in [-0.2, -0.15) is 0 Å². The second-order valence-electron chi connectivity index (χ2n) is 5.09. The number of benzene rings is 3. The second kappa shape index (κ2) is 5.80. The van der Waals surface area contributed by atoms with Gasteiger partial charge in [-0.15, -0.1) is 0 Å². The van der Waals surface area contributed by atoms with Crippen molar-refractivity contribution in [1.82, 2.24) is 0 Å². The lowest BCUT2D eigenvalue weighted by Gasteiger charge is -2.17. The highest BCUT2D eigenvalue weighted by Gasteiger charge is 2.16. The molecule has 0 aromatic heterocycles. The summed E-state index contributed by atoms with van der Waals surface area (Å²) in [6.07, 6.45) is -0.666. The van der Waals surface area contributed by atoms with Crippen LogP contribution in [0, 0.1) is 6.92 Å². The van der Waals surface area contributed by atoms with E-state index in [0.717, 1.165) is 31.9 Å². The number of hydrogen-bond donors (Lipinski definition) is 1. The smallest absolute Gasteiger partial charge is 0.105 e. The van der Waals surface area contributed by atoms with Crippen LogP contribution in [0.1, 0.15) is 22.8 Å². The third-order valence-corrected chi connectivity index (χ3v) is 4.55. The number of aryl methyl sites for hydroxylation is 1. The van der Waals surface area contributed by atoms with Crippen molar-refractivity contribution < 1.29 is 5.11 Å². The number of aliphatic hydroxyl groups excluding tert-OH is 1. The summed E-state index contributed by atoms with van der Waals surface area (Å²) in [5, 5.41) is 13.4. The highest BCUT2D eigenvalue weighted by molar-refractivity contribution is 9.10. The van der Waals surface area contributed by atoms with Crippen LogP contribution in [0.2, 0.25) is 5.02 Å². The van der Waals surface area contributed by atoms with Gasteiger partial charge in [-0.05, 0) is 47.2 Å². The van der Waals surface area contributed by atoms with Crippen LogP contribution >= 0.6 is 27.5 Å². The molecular formula is C18H14BrClO. The number of fused-ring (bicyclic) bond motifs is 1. The first kappa shape index (κ1) is 14.6. The van der Waals surface area contributed by atoms with E-state index in [-0.39, 0.29) is 0 Å². The van der Waals surface area contributed by atoms with E-state index in [1.54, 1.807) is 0 Å². The van der Waals surface area contributed by atoms with Gasteiger partial charge >= 0.3 is 0 Å². The minimum atomic E-state index is -0.666. The summed E-state index contributed by atoms with van der Waals surface area (Å²) >= 11 is 9.70. The van der Waals surface area contributed by atoms with E-state index < -0.39 is 6.10 Å². The molecule has 0 radical (unpaired) electrons. The molecule has 1 nitrogen and oxygen atoms in total. The lowest BCUT2D eigenvalue weighted by molar-refractivity contribution is 0.221. The molecule has 3 aromatic rings. The Kier molecular flexibility index (Phi) is 4.03. The molecule has 106 valence electrons. The molecule has 0 aliphatic heterocycles. The van der Waals surface area contributed by atoms with E-state index >= 15 is 0 Å². The Morgan fingerprint density at radius 2 is 1.62 bits per heavy atom.